The molecule has 2 aromatic heterocycles. The molecule has 22 heavy (non-hydrogen) atoms. The van der Waals surface area contributed by atoms with E-state index in [0.717, 1.165) is 43.5 Å². The van der Waals surface area contributed by atoms with Gasteiger partial charge in [-0.2, -0.15) is 4.37 Å². The van der Waals surface area contributed by atoms with E-state index in [9.17, 15) is 4.79 Å². The molecule has 0 atom stereocenters. The quantitative estimate of drug-likeness (QED) is 0.928. The highest BCUT2D eigenvalue weighted by Crippen LogP contribution is 2.14. The summed E-state index contributed by atoms with van der Waals surface area (Å²) in [6.45, 7) is 5.40. The predicted molar refractivity (Wildman–Crippen MR) is 85.3 cm³/mol. The molecular weight excluding hydrogens is 300 g/mol. The maximum atomic E-state index is 12.1. The molecule has 1 fully saturated rings. The van der Waals surface area contributed by atoms with Gasteiger partial charge in [-0.1, -0.05) is 6.07 Å². The minimum absolute atomic E-state index is 0.107. The standard InChI is InChI=1S/C15H18N4O2S/c1-11-13(10-22-18-11)15(20)16-9-12-3-2-4-14(17-12)19-5-7-21-8-6-19/h2-4,10H,5-9H2,1H3,(H,16,20). The van der Waals surface area contributed by atoms with Crippen molar-refractivity contribution < 1.29 is 9.53 Å². The number of aromatic nitrogens is 2. The van der Waals surface area contributed by atoms with Crippen LogP contribution in [0.4, 0.5) is 5.82 Å². The van der Waals surface area contributed by atoms with Gasteiger partial charge in [0.25, 0.3) is 5.91 Å². The van der Waals surface area contributed by atoms with E-state index in [1.165, 1.54) is 11.5 Å². The first-order chi connectivity index (χ1) is 10.7. The van der Waals surface area contributed by atoms with Crippen molar-refractivity contribution in [2.45, 2.75) is 13.5 Å². The number of carbonyl (C=O) groups is 1. The number of pyridine rings is 1. The van der Waals surface area contributed by atoms with Crippen molar-refractivity contribution in [3.05, 3.63) is 40.5 Å². The van der Waals surface area contributed by atoms with Crippen LogP contribution in [0.15, 0.2) is 23.6 Å². The monoisotopic (exact) mass is 318 g/mol. The van der Waals surface area contributed by atoms with Crippen LogP contribution in [0.25, 0.3) is 0 Å². The summed E-state index contributed by atoms with van der Waals surface area (Å²) in [5.74, 6) is 0.827. The fraction of sp³-hybridized carbons (Fsp3) is 0.400. The molecule has 3 heterocycles. The van der Waals surface area contributed by atoms with Crippen LogP contribution in [0.3, 0.4) is 0 Å². The summed E-state index contributed by atoms with van der Waals surface area (Å²) in [4.78, 5) is 18.9. The lowest BCUT2D eigenvalue weighted by Gasteiger charge is -2.28. The van der Waals surface area contributed by atoms with E-state index >= 15 is 0 Å². The van der Waals surface area contributed by atoms with Crippen molar-refractivity contribution >= 4 is 23.3 Å². The third-order valence-electron chi connectivity index (χ3n) is 3.55. The fourth-order valence-corrected chi connectivity index (χ4v) is 3.00. The maximum Gasteiger partial charge on any atom is 0.254 e. The average Bonchev–Trinajstić information content (AvgIpc) is 3.00. The van der Waals surface area contributed by atoms with Gasteiger partial charge in [-0.25, -0.2) is 4.98 Å². The molecule has 0 aliphatic carbocycles. The normalized spacial score (nSPS) is 14.9. The van der Waals surface area contributed by atoms with Crippen molar-refractivity contribution in [3.63, 3.8) is 0 Å². The Morgan fingerprint density at radius 3 is 2.95 bits per heavy atom. The van der Waals surface area contributed by atoms with Gasteiger partial charge in [0.1, 0.15) is 5.82 Å². The van der Waals surface area contributed by atoms with E-state index in [0.29, 0.717) is 12.1 Å². The van der Waals surface area contributed by atoms with Gasteiger partial charge in [0.15, 0.2) is 0 Å². The van der Waals surface area contributed by atoms with Crippen LogP contribution in [0.5, 0.6) is 0 Å². The van der Waals surface area contributed by atoms with E-state index in [-0.39, 0.29) is 5.91 Å². The topological polar surface area (TPSA) is 67.4 Å². The number of morpholine rings is 1. The fourth-order valence-electron chi connectivity index (χ4n) is 2.31. The van der Waals surface area contributed by atoms with Crippen LogP contribution in [-0.4, -0.2) is 41.6 Å². The smallest absolute Gasteiger partial charge is 0.254 e. The minimum Gasteiger partial charge on any atom is -0.378 e. The number of amides is 1. The van der Waals surface area contributed by atoms with Gasteiger partial charge in [-0.05, 0) is 30.6 Å². The third kappa shape index (κ3) is 3.42. The Morgan fingerprint density at radius 2 is 2.23 bits per heavy atom. The molecule has 2 aromatic rings. The molecule has 0 aromatic carbocycles. The van der Waals surface area contributed by atoms with Gasteiger partial charge in [-0.3, -0.25) is 4.79 Å². The molecule has 0 unspecified atom stereocenters. The van der Waals surface area contributed by atoms with Crippen LogP contribution < -0.4 is 10.2 Å². The highest BCUT2D eigenvalue weighted by atomic mass is 32.1. The minimum atomic E-state index is -0.107. The molecule has 1 amide bonds. The van der Waals surface area contributed by atoms with Crippen LogP contribution in [0.2, 0.25) is 0 Å². The molecule has 7 heteroatoms. The summed E-state index contributed by atoms with van der Waals surface area (Å²) in [7, 11) is 0. The number of carbonyl (C=O) groups excluding carboxylic acids is 1. The van der Waals surface area contributed by atoms with Crippen molar-refractivity contribution in [1.29, 1.82) is 0 Å². The second-order valence-corrected chi connectivity index (χ2v) is 5.71. The van der Waals surface area contributed by atoms with Crippen molar-refractivity contribution in [3.8, 4) is 0 Å². The second-order valence-electron chi connectivity index (χ2n) is 5.08. The Bertz CT molecular complexity index is 652. The average molecular weight is 318 g/mol. The van der Waals surface area contributed by atoms with Crippen molar-refractivity contribution in [2.75, 3.05) is 31.2 Å². The summed E-state index contributed by atoms with van der Waals surface area (Å²) in [6, 6.07) is 5.88. The zero-order valence-electron chi connectivity index (χ0n) is 12.4. The largest absolute Gasteiger partial charge is 0.378 e. The molecule has 1 N–H and O–H groups in total. The molecule has 1 saturated heterocycles. The highest BCUT2D eigenvalue weighted by molar-refractivity contribution is 7.03. The molecular formula is C15H18N4O2S. The zero-order valence-corrected chi connectivity index (χ0v) is 13.2. The van der Waals surface area contributed by atoms with E-state index in [1.54, 1.807) is 5.38 Å². The Balaban J connectivity index is 1.63. The third-order valence-corrected chi connectivity index (χ3v) is 4.27. The molecule has 0 spiro atoms. The number of hydrogen-bond acceptors (Lipinski definition) is 6. The number of aryl methyl sites for hydroxylation is 1. The lowest BCUT2D eigenvalue weighted by Crippen LogP contribution is -2.37. The number of anilines is 1. The van der Waals surface area contributed by atoms with E-state index in [2.05, 4.69) is 19.6 Å². The number of hydrogen-bond donors (Lipinski definition) is 1. The van der Waals surface area contributed by atoms with Gasteiger partial charge in [0.2, 0.25) is 0 Å². The van der Waals surface area contributed by atoms with Crippen LogP contribution >= 0.6 is 11.5 Å². The van der Waals surface area contributed by atoms with Crippen molar-refractivity contribution in [2.24, 2.45) is 0 Å². The lowest BCUT2D eigenvalue weighted by atomic mass is 10.2. The second kappa shape index (κ2) is 6.85. The van der Waals surface area contributed by atoms with E-state index in [1.807, 2.05) is 25.1 Å². The SMILES string of the molecule is Cc1nscc1C(=O)NCc1cccc(N2CCOCC2)n1. The van der Waals surface area contributed by atoms with Gasteiger partial charge in [0, 0.05) is 18.5 Å². The summed E-state index contributed by atoms with van der Waals surface area (Å²) >= 11 is 1.29. The lowest BCUT2D eigenvalue weighted by molar-refractivity contribution is 0.0950. The summed E-state index contributed by atoms with van der Waals surface area (Å²) < 4.78 is 9.47. The first-order valence-electron chi connectivity index (χ1n) is 7.22. The van der Waals surface area contributed by atoms with Crippen molar-refractivity contribution in [1.82, 2.24) is 14.7 Å². The van der Waals surface area contributed by atoms with Gasteiger partial charge in [-0.15, -0.1) is 0 Å². The van der Waals surface area contributed by atoms with E-state index in [4.69, 9.17) is 4.74 Å². The van der Waals surface area contributed by atoms with E-state index < -0.39 is 0 Å². The van der Waals surface area contributed by atoms with Gasteiger partial charge in [0.05, 0.1) is 36.7 Å². The highest BCUT2D eigenvalue weighted by Gasteiger charge is 2.14. The maximum absolute atomic E-state index is 12.1. The van der Waals surface area contributed by atoms with Crippen LogP contribution in [0, 0.1) is 6.92 Å². The molecule has 0 radical (unpaired) electrons. The van der Waals surface area contributed by atoms with Gasteiger partial charge < -0.3 is 15.0 Å². The first kappa shape index (κ1) is 14.9. The summed E-state index contributed by atoms with van der Waals surface area (Å²) in [5, 5.41) is 4.66. The van der Waals surface area contributed by atoms with Crippen LogP contribution in [0.1, 0.15) is 21.7 Å². The molecule has 0 saturated carbocycles. The number of rotatable bonds is 4. The summed E-state index contributed by atoms with van der Waals surface area (Å²) in [6.07, 6.45) is 0. The summed E-state index contributed by atoms with van der Waals surface area (Å²) in [5.41, 5.74) is 2.24. The molecule has 1 aliphatic heterocycles. The number of nitrogens with one attached hydrogen (secondary N) is 1. The zero-order chi connectivity index (χ0) is 15.4. The first-order valence-corrected chi connectivity index (χ1v) is 8.05. The molecule has 1 aliphatic rings. The number of nitrogens with zero attached hydrogens (tertiary/aromatic N) is 3. The number of ether oxygens (including phenoxy) is 1. The molecule has 6 nitrogen and oxygen atoms in total. The predicted octanol–water partition coefficient (Wildman–Crippen LogP) is 1.61. The molecule has 3 rings (SSSR count). The van der Waals surface area contributed by atoms with Crippen LogP contribution in [-0.2, 0) is 11.3 Å². The molecule has 0 bridgehead atoms. The molecule has 116 valence electrons. The Labute approximate surface area is 133 Å². The van der Waals surface area contributed by atoms with Gasteiger partial charge >= 0.3 is 0 Å². The Kier molecular flexibility index (Phi) is 4.65. The Hall–Kier alpha value is -1.99. The Morgan fingerprint density at radius 1 is 1.41 bits per heavy atom.